The molecule has 2 aliphatic rings. The first-order valence-corrected chi connectivity index (χ1v) is 32.6. The summed E-state index contributed by atoms with van der Waals surface area (Å²) >= 11 is 3.68. The highest BCUT2D eigenvalue weighted by Gasteiger charge is 2.30. The summed E-state index contributed by atoms with van der Waals surface area (Å²) in [6.45, 7) is 0. The first kappa shape index (κ1) is 53.6. The van der Waals surface area contributed by atoms with Gasteiger partial charge in [0.25, 0.3) is 0 Å². The Morgan fingerprint density at radius 1 is 0.228 bits per heavy atom. The van der Waals surface area contributed by atoms with Gasteiger partial charge in [0.05, 0.1) is 45.2 Å². The van der Waals surface area contributed by atoms with E-state index in [0.29, 0.717) is 11.6 Å². The first-order valence-electron chi connectivity index (χ1n) is 30.9. The molecule has 0 amide bonds. The molecule has 6 heterocycles. The molecule has 12 aromatic carbocycles. The molecule has 18 rings (SSSR count). The molecule has 0 bridgehead atoms. The van der Waals surface area contributed by atoms with Crippen molar-refractivity contribution in [2.75, 3.05) is 0 Å². The molecule has 92 heavy (non-hydrogen) atoms. The van der Waals surface area contributed by atoms with E-state index in [1.165, 1.54) is 75.1 Å². The van der Waals surface area contributed by atoms with Crippen molar-refractivity contribution in [1.29, 1.82) is 0 Å². The maximum absolute atomic E-state index is 5.36. The summed E-state index contributed by atoms with van der Waals surface area (Å²) in [7, 11) is 0. The zero-order valence-electron chi connectivity index (χ0n) is 49.5. The normalized spacial score (nSPS) is 12.0. The molecule has 0 radical (unpaired) electrons. The minimum Gasteiger partial charge on any atom is -0.309 e. The van der Waals surface area contributed by atoms with Crippen molar-refractivity contribution in [3.63, 3.8) is 0 Å². The Labute approximate surface area is 540 Å². The van der Waals surface area contributed by atoms with Gasteiger partial charge in [0.1, 0.15) is 0 Å². The topological polar surface area (TPSA) is 61.4 Å². The molecule has 0 saturated heterocycles. The number of hydrogen-bond donors (Lipinski definition) is 0. The molecule has 0 spiro atoms. The minimum absolute atomic E-state index is 0.669. The number of fused-ring (bicyclic) bond motifs is 14. The van der Waals surface area contributed by atoms with Crippen LogP contribution in [0.2, 0.25) is 0 Å². The van der Waals surface area contributed by atoms with Crippen LogP contribution in [0.25, 0.3) is 157 Å². The van der Waals surface area contributed by atoms with Crippen LogP contribution in [0.3, 0.4) is 0 Å². The SMILES string of the molecule is c1ccc(-c2cc(-c3ccc(-n4c5c(c6ccccc64)-c4ccc(-c6ccc(-c7cc(-c8ccccc8)nc(-c8ccc(-n9c%10c(c%11ccccc%119)-c9ccccc9Sc9ccccc9-%10)cc8)n7)cc6)cc4Sc4ccccc4-5)cc3)nc(-c3ccccc3)n2)cc1. The van der Waals surface area contributed by atoms with E-state index in [-0.39, 0.29) is 0 Å². The Kier molecular flexibility index (Phi) is 13.0. The van der Waals surface area contributed by atoms with Crippen molar-refractivity contribution < 1.29 is 0 Å². The quantitative estimate of drug-likeness (QED) is 0.144. The van der Waals surface area contributed by atoms with Gasteiger partial charge in [0.15, 0.2) is 11.6 Å². The Morgan fingerprint density at radius 2 is 0.554 bits per heavy atom. The molecule has 8 heteroatoms. The summed E-state index contributed by atoms with van der Waals surface area (Å²) in [5.41, 5.74) is 26.0. The predicted molar refractivity (Wildman–Crippen MR) is 379 cm³/mol. The second kappa shape index (κ2) is 22.3. The van der Waals surface area contributed by atoms with E-state index in [0.717, 1.165) is 89.7 Å². The van der Waals surface area contributed by atoms with Crippen LogP contribution in [0.4, 0.5) is 0 Å². The van der Waals surface area contributed by atoms with Crippen molar-refractivity contribution in [3.8, 4) is 135 Å². The van der Waals surface area contributed by atoms with Gasteiger partial charge in [-0.2, -0.15) is 0 Å². The van der Waals surface area contributed by atoms with Crippen molar-refractivity contribution in [1.82, 2.24) is 29.1 Å². The van der Waals surface area contributed by atoms with E-state index in [1.54, 1.807) is 0 Å². The third-order valence-corrected chi connectivity index (χ3v) is 20.1. The fraction of sp³-hybridized carbons (Fsp3) is 0. The molecule has 4 aromatic heterocycles. The summed E-state index contributed by atoms with van der Waals surface area (Å²) in [4.78, 5) is 25.8. The van der Waals surface area contributed by atoms with E-state index in [4.69, 9.17) is 19.9 Å². The Bertz CT molecular complexity index is 5490. The fourth-order valence-corrected chi connectivity index (χ4v) is 15.7. The molecular formula is C84H52N6S2. The first-order chi connectivity index (χ1) is 45.6. The zero-order valence-corrected chi connectivity index (χ0v) is 51.2. The van der Waals surface area contributed by atoms with E-state index in [2.05, 4.69) is 294 Å². The molecule has 16 aromatic rings. The number of para-hydroxylation sites is 2. The van der Waals surface area contributed by atoms with Gasteiger partial charge in [-0.15, -0.1) is 0 Å². The minimum atomic E-state index is 0.669. The fourth-order valence-electron chi connectivity index (χ4n) is 13.5. The standard InChI is InChI=1S/C84H52N6S2/c1-4-20-54(21-5-1)69-52-72(87-83(85-69)58-24-8-3-9-25-58)57-40-45-61(46-41-57)89-74-32-16-11-27-64(74)80-66-49-44-60(50-78(66)92-77-35-19-14-30-68(77)82(80)89)53-36-38-56(39-37-53)71-51-70(55-22-6-2-7-23-55)86-84(88-71)59-42-47-62(48-43-59)90-73-31-15-10-26-63(73)79-65-28-12-17-33-75(65)91-76-34-18-13-29-67(76)81(79)90/h1-52H. The monoisotopic (exact) mass is 1210 g/mol. The highest BCUT2D eigenvalue weighted by atomic mass is 32.2. The van der Waals surface area contributed by atoms with Crippen LogP contribution in [0, 0.1) is 0 Å². The smallest absolute Gasteiger partial charge is 0.160 e. The van der Waals surface area contributed by atoms with Crippen LogP contribution in [0.1, 0.15) is 0 Å². The van der Waals surface area contributed by atoms with Gasteiger partial charge in [-0.1, -0.05) is 254 Å². The Balaban J connectivity index is 0.695. The van der Waals surface area contributed by atoms with Gasteiger partial charge in [-0.25, -0.2) is 19.9 Å². The molecule has 0 atom stereocenters. The summed E-state index contributed by atoms with van der Waals surface area (Å²) in [5.74, 6) is 1.37. The average molecular weight is 1210 g/mol. The van der Waals surface area contributed by atoms with Crippen molar-refractivity contribution in [2.45, 2.75) is 19.6 Å². The highest BCUT2D eigenvalue weighted by Crippen LogP contribution is 2.55. The van der Waals surface area contributed by atoms with E-state index in [1.807, 2.05) is 53.9 Å². The van der Waals surface area contributed by atoms with Gasteiger partial charge >= 0.3 is 0 Å². The summed E-state index contributed by atoms with van der Waals surface area (Å²) < 4.78 is 4.89. The molecule has 0 N–H and O–H groups in total. The third-order valence-electron chi connectivity index (χ3n) is 17.8. The van der Waals surface area contributed by atoms with Crippen molar-refractivity contribution >= 4 is 45.3 Å². The van der Waals surface area contributed by atoms with Crippen LogP contribution in [0.15, 0.2) is 335 Å². The van der Waals surface area contributed by atoms with Gasteiger partial charge in [-0.3, -0.25) is 0 Å². The van der Waals surface area contributed by atoms with Gasteiger partial charge in [0, 0.05) is 97.4 Å². The van der Waals surface area contributed by atoms with E-state index in [9.17, 15) is 0 Å². The highest BCUT2D eigenvalue weighted by molar-refractivity contribution is 8.00. The lowest BCUT2D eigenvalue weighted by molar-refractivity contribution is 1.12. The van der Waals surface area contributed by atoms with Gasteiger partial charge in [0.2, 0.25) is 0 Å². The molecule has 0 aliphatic carbocycles. The number of aromatic nitrogens is 6. The lowest BCUT2D eigenvalue weighted by Crippen LogP contribution is -1.99. The van der Waals surface area contributed by atoms with Crippen molar-refractivity contribution in [3.05, 3.63) is 315 Å². The Morgan fingerprint density at radius 3 is 1.04 bits per heavy atom. The molecule has 0 fully saturated rings. The molecule has 2 aliphatic heterocycles. The molecule has 0 unspecified atom stereocenters. The van der Waals surface area contributed by atoms with Crippen LogP contribution in [-0.2, 0) is 0 Å². The summed E-state index contributed by atoms with van der Waals surface area (Å²) in [5, 5.41) is 2.43. The molecular weight excluding hydrogens is 1160 g/mol. The number of rotatable bonds is 9. The average Bonchev–Trinajstić information content (AvgIpc) is 1.57. The second-order valence-electron chi connectivity index (χ2n) is 23.2. The maximum Gasteiger partial charge on any atom is 0.160 e. The van der Waals surface area contributed by atoms with Crippen LogP contribution >= 0.6 is 23.5 Å². The number of hydrogen-bond acceptors (Lipinski definition) is 6. The van der Waals surface area contributed by atoms with Crippen LogP contribution < -0.4 is 0 Å². The number of nitrogens with zero attached hydrogens (tertiary/aromatic N) is 6. The van der Waals surface area contributed by atoms with E-state index < -0.39 is 0 Å². The van der Waals surface area contributed by atoms with Gasteiger partial charge in [-0.05, 0) is 107 Å². The lowest BCUT2D eigenvalue weighted by atomic mass is 9.95. The Hall–Kier alpha value is -11.4. The summed E-state index contributed by atoms with van der Waals surface area (Å²) in [6.07, 6.45) is 0. The number of benzene rings is 12. The maximum atomic E-state index is 5.36. The third kappa shape index (κ3) is 9.21. The molecule has 430 valence electrons. The van der Waals surface area contributed by atoms with E-state index >= 15 is 0 Å². The largest absolute Gasteiger partial charge is 0.309 e. The van der Waals surface area contributed by atoms with Gasteiger partial charge < -0.3 is 9.13 Å². The molecule has 0 saturated carbocycles. The molecule has 6 nitrogen and oxygen atoms in total. The lowest BCUT2D eigenvalue weighted by Gasteiger charge is -2.15. The van der Waals surface area contributed by atoms with Crippen molar-refractivity contribution in [2.24, 2.45) is 0 Å². The predicted octanol–water partition coefficient (Wildman–Crippen LogP) is 22.4. The zero-order chi connectivity index (χ0) is 60.6. The summed E-state index contributed by atoms with van der Waals surface area (Å²) in [6, 6.07) is 113. The van der Waals surface area contributed by atoms with Crippen LogP contribution in [-0.4, -0.2) is 29.1 Å². The second-order valence-corrected chi connectivity index (χ2v) is 25.4. The van der Waals surface area contributed by atoms with Crippen LogP contribution in [0.5, 0.6) is 0 Å².